The van der Waals surface area contributed by atoms with Crippen LogP contribution >= 0.6 is 0 Å². The molecule has 0 radical (unpaired) electrons. The Morgan fingerprint density at radius 3 is 2.24 bits per heavy atom. The summed E-state index contributed by atoms with van der Waals surface area (Å²) in [5.74, 6) is -4.31. The molecule has 0 bridgehead atoms. The van der Waals surface area contributed by atoms with E-state index < -0.39 is 35.2 Å². The number of anilines is 1. The van der Waals surface area contributed by atoms with Gasteiger partial charge in [0.2, 0.25) is 0 Å². The van der Waals surface area contributed by atoms with Crippen LogP contribution in [0, 0.1) is 11.6 Å². The Hall–Kier alpha value is -3.09. The number of benzene rings is 2. The van der Waals surface area contributed by atoms with Gasteiger partial charge in [-0.05, 0) is 38.1 Å². The Morgan fingerprint density at radius 1 is 1.04 bits per heavy atom. The molecule has 0 aliphatic rings. The topological polar surface area (TPSA) is 72.5 Å². The standard InChI is InChI=1S/C18H15F2NO4/c1-10(22)12-5-3-6-13(9-12)21-17(23)11(2)25-18(24)16-14(19)7-4-8-15(16)20/h3-9,11H,1-2H3,(H,21,23)/t11-/m0/s1. The number of hydrogen-bond acceptors (Lipinski definition) is 4. The Balaban J connectivity index is 2.06. The first kappa shape index (κ1) is 18.3. The van der Waals surface area contributed by atoms with Gasteiger partial charge in [-0.25, -0.2) is 13.6 Å². The SMILES string of the molecule is CC(=O)c1cccc(NC(=O)[C@H](C)OC(=O)c2c(F)cccc2F)c1. The summed E-state index contributed by atoms with van der Waals surface area (Å²) in [5, 5.41) is 2.47. The molecule has 2 rings (SSSR count). The van der Waals surface area contributed by atoms with Gasteiger partial charge >= 0.3 is 5.97 Å². The van der Waals surface area contributed by atoms with Crippen molar-refractivity contribution in [2.45, 2.75) is 20.0 Å². The van der Waals surface area contributed by atoms with E-state index in [1.54, 1.807) is 18.2 Å². The van der Waals surface area contributed by atoms with E-state index in [0.717, 1.165) is 18.2 Å². The van der Waals surface area contributed by atoms with E-state index in [9.17, 15) is 23.2 Å². The van der Waals surface area contributed by atoms with Gasteiger partial charge in [0.05, 0.1) is 0 Å². The van der Waals surface area contributed by atoms with E-state index in [4.69, 9.17) is 4.74 Å². The lowest BCUT2D eigenvalue weighted by Crippen LogP contribution is -2.30. The second kappa shape index (κ2) is 7.65. The number of carbonyl (C=O) groups is 3. The molecule has 0 fully saturated rings. The highest BCUT2D eigenvalue weighted by molar-refractivity contribution is 5.99. The normalized spacial score (nSPS) is 11.5. The van der Waals surface area contributed by atoms with Gasteiger partial charge in [0.15, 0.2) is 11.9 Å². The molecule has 25 heavy (non-hydrogen) atoms. The van der Waals surface area contributed by atoms with Gasteiger partial charge in [-0.15, -0.1) is 0 Å². The highest BCUT2D eigenvalue weighted by atomic mass is 19.1. The molecule has 2 aromatic carbocycles. The molecule has 1 N–H and O–H groups in total. The van der Waals surface area contributed by atoms with Crippen LogP contribution in [0.2, 0.25) is 0 Å². The van der Waals surface area contributed by atoms with Crippen molar-refractivity contribution in [3.63, 3.8) is 0 Å². The molecular weight excluding hydrogens is 332 g/mol. The molecule has 5 nitrogen and oxygen atoms in total. The predicted octanol–water partition coefficient (Wildman–Crippen LogP) is 3.35. The Morgan fingerprint density at radius 2 is 1.64 bits per heavy atom. The fourth-order valence-electron chi connectivity index (χ4n) is 2.03. The smallest absolute Gasteiger partial charge is 0.344 e. The van der Waals surface area contributed by atoms with Gasteiger partial charge in [-0.1, -0.05) is 18.2 Å². The van der Waals surface area contributed by atoms with Crippen LogP contribution in [0.4, 0.5) is 14.5 Å². The fourth-order valence-corrected chi connectivity index (χ4v) is 2.03. The largest absolute Gasteiger partial charge is 0.449 e. The molecule has 0 aliphatic carbocycles. The zero-order valence-corrected chi connectivity index (χ0v) is 13.5. The summed E-state index contributed by atoms with van der Waals surface area (Å²) in [6.45, 7) is 2.65. The molecule has 0 saturated heterocycles. The van der Waals surface area contributed by atoms with Gasteiger partial charge in [-0.2, -0.15) is 0 Å². The van der Waals surface area contributed by atoms with Crippen LogP contribution in [-0.4, -0.2) is 23.8 Å². The third-order valence-corrected chi connectivity index (χ3v) is 3.36. The lowest BCUT2D eigenvalue weighted by Gasteiger charge is -2.14. The summed E-state index contributed by atoms with van der Waals surface area (Å²) in [7, 11) is 0. The van der Waals surface area contributed by atoms with Gasteiger partial charge in [-0.3, -0.25) is 9.59 Å². The van der Waals surface area contributed by atoms with E-state index in [-0.39, 0.29) is 5.78 Å². The van der Waals surface area contributed by atoms with Crippen molar-refractivity contribution in [3.05, 3.63) is 65.2 Å². The summed E-state index contributed by atoms with van der Waals surface area (Å²) in [6.07, 6.45) is -1.30. The zero-order valence-electron chi connectivity index (χ0n) is 13.5. The maximum absolute atomic E-state index is 13.5. The van der Waals surface area contributed by atoms with Gasteiger partial charge in [0.1, 0.15) is 17.2 Å². The molecule has 130 valence electrons. The minimum absolute atomic E-state index is 0.175. The van der Waals surface area contributed by atoms with E-state index >= 15 is 0 Å². The molecule has 0 unspecified atom stereocenters. The molecule has 0 spiro atoms. The molecular formula is C18H15F2NO4. The highest BCUT2D eigenvalue weighted by Gasteiger charge is 2.24. The maximum Gasteiger partial charge on any atom is 0.344 e. The zero-order chi connectivity index (χ0) is 18.6. The number of carbonyl (C=O) groups excluding carboxylic acids is 3. The number of ether oxygens (including phenoxy) is 1. The maximum atomic E-state index is 13.5. The number of amides is 1. The highest BCUT2D eigenvalue weighted by Crippen LogP contribution is 2.16. The van der Waals surface area contributed by atoms with E-state index in [2.05, 4.69) is 5.32 Å². The van der Waals surface area contributed by atoms with Crippen LogP contribution in [-0.2, 0) is 9.53 Å². The number of hydrogen-bond donors (Lipinski definition) is 1. The Labute approximate surface area is 142 Å². The van der Waals surface area contributed by atoms with Crippen molar-refractivity contribution >= 4 is 23.3 Å². The van der Waals surface area contributed by atoms with Crippen LogP contribution in [0.15, 0.2) is 42.5 Å². The van der Waals surface area contributed by atoms with Crippen molar-refractivity contribution in [2.75, 3.05) is 5.32 Å². The van der Waals surface area contributed by atoms with Gasteiger partial charge in [0, 0.05) is 11.3 Å². The number of nitrogens with one attached hydrogen (secondary N) is 1. The average molecular weight is 347 g/mol. The first-order valence-electron chi connectivity index (χ1n) is 7.36. The second-order valence-electron chi connectivity index (χ2n) is 5.27. The Bertz CT molecular complexity index is 815. The summed E-state index contributed by atoms with van der Waals surface area (Å²) < 4.78 is 31.9. The predicted molar refractivity (Wildman–Crippen MR) is 86.3 cm³/mol. The first-order chi connectivity index (χ1) is 11.8. The molecule has 0 aliphatic heterocycles. The van der Waals surface area contributed by atoms with Crippen LogP contribution < -0.4 is 5.32 Å². The Kier molecular flexibility index (Phi) is 5.59. The van der Waals surface area contributed by atoms with Crippen LogP contribution in [0.3, 0.4) is 0 Å². The third-order valence-electron chi connectivity index (χ3n) is 3.36. The van der Waals surface area contributed by atoms with Crippen LogP contribution in [0.25, 0.3) is 0 Å². The summed E-state index contributed by atoms with van der Waals surface area (Å²) >= 11 is 0. The lowest BCUT2D eigenvalue weighted by molar-refractivity contribution is -0.123. The van der Waals surface area contributed by atoms with Crippen molar-refractivity contribution in [3.8, 4) is 0 Å². The summed E-state index contributed by atoms with van der Waals surface area (Å²) in [4.78, 5) is 35.3. The number of esters is 1. The molecule has 0 aromatic heterocycles. The molecule has 0 saturated carbocycles. The van der Waals surface area contributed by atoms with Crippen molar-refractivity contribution in [2.24, 2.45) is 0 Å². The number of Topliss-reactive ketones (excluding diaryl/α,β-unsaturated/α-hetero) is 1. The number of halogens is 2. The lowest BCUT2D eigenvalue weighted by atomic mass is 10.1. The van der Waals surface area contributed by atoms with Crippen LogP contribution in [0.5, 0.6) is 0 Å². The minimum atomic E-state index is -1.30. The monoisotopic (exact) mass is 347 g/mol. The van der Waals surface area contributed by atoms with E-state index in [1.165, 1.54) is 19.9 Å². The van der Waals surface area contributed by atoms with E-state index in [1.807, 2.05) is 0 Å². The quantitative estimate of drug-likeness (QED) is 0.665. The third kappa shape index (κ3) is 4.47. The molecule has 1 atom stereocenters. The molecule has 7 heteroatoms. The van der Waals surface area contributed by atoms with E-state index in [0.29, 0.717) is 11.3 Å². The number of rotatable bonds is 5. The van der Waals surface area contributed by atoms with Gasteiger partial charge in [0.25, 0.3) is 5.91 Å². The summed E-state index contributed by atoms with van der Waals surface area (Å²) in [6, 6.07) is 9.12. The molecule has 1 amide bonds. The second-order valence-corrected chi connectivity index (χ2v) is 5.27. The first-order valence-corrected chi connectivity index (χ1v) is 7.36. The molecule has 0 heterocycles. The van der Waals surface area contributed by atoms with Gasteiger partial charge < -0.3 is 10.1 Å². The van der Waals surface area contributed by atoms with Crippen molar-refractivity contribution in [1.29, 1.82) is 0 Å². The number of ketones is 1. The van der Waals surface area contributed by atoms with Crippen molar-refractivity contribution in [1.82, 2.24) is 0 Å². The summed E-state index contributed by atoms with van der Waals surface area (Å²) in [5.41, 5.74) is -0.130. The fraction of sp³-hybridized carbons (Fsp3) is 0.167. The molecule has 2 aromatic rings. The van der Waals surface area contributed by atoms with Crippen molar-refractivity contribution < 1.29 is 27.9 Å². The minimum Gasteiger partial charge on any atom is -0.449 e. The average Bonchev–Trinajstić information content (AvgIpc) is 2.54. The van der Waals surface area contributed by atoms with Crippen LogP contribution in [0.1, 0.15) is 34.6 Å².